The van der Waals surface area contributed by atoms with Gasteiger partial charge in [0.25, 0.3) is 0 Å². The molecule has 5 atom stereocenters. The first-order valence-electron chi connectivity index (χ1n) is 8.83. The van der Waals surface area contributed by atoms with Gasteiger partial charge in [0.05, 0.1) is 4.47 Å². The van der Waals surface area contributed by atoms with E-state index in [1.807, 2.05) is 0 Å². The molecule has 7 nitrogen and oxygen atoms in total. The maximum Gasteiger partial charge on any atom is 0.303 e. The molecule has 0 spiro atoms. The molecule has 2 rings (SSSR count). The van der Waals surface area contributed by atoms with Crippen molar-refractivity contribution in [2.24, 2.45) is 5.92 Å². The molecule has 1 aromatic rings. The number of hydrogen-bond acceptors (Lipinski definition) is 8. The number of esters is 3. The molecule has 0 bridgehead atoms. The molecule has 0 amide bonds. The summed E-state index contributed by atoms with van der Waals surface area (Å²) in [6, 6.07) is 4.46. The zero-order chi connectivity index (χ0) is 21.7. The van der Waals surface area contributed by atoms with E-state index in [0.717, 1.165) is 0 Å². The largest absolute Gasteiger partial charge is 0.463 e. The Hall–Kier alpha value is -1.65. The van der Waals surface area contributed by atoms with Crippen molar-refractivity contribution in [3.8, 4) is 0 Å². The van der Waals surface area contributed by atoms with Gasteiger partial charge in [-0.2, -0.15) is 0 Å². The SMILES string of the molecule is CC(=O)OCC1O[C@H](Sc2ccc(F)c(Br)c2)C(OC(C)=O)C(C)[C@H]1OC(C)=O. The van der Waals surface area contributed by atoms with Crippen molar-refractivity contribution in [1.29, 1.82) is 0 Å². The highest BCUT2D eigenvalue weighted by atomic mass is 79.9. The van der Waals surface area contributed by atoms with Crippen molar-refractivity contribution in [3.05, 3.63) is 28.5 Å². The third kappa shape index (κ3) is 6.68. The number of benzene rings is 1. The minimum Gasteiger partial charge on any atom is -0.463 e. The highest BCUT2D eigenvalue weighted by Crippen LogP contribution is 2.39. The maximum atomic E-state index is 13.5. The van der Waals surface area contributed by atoms with Gasteiger partial charge < -0.3 is 18.9 Å². The van der Waals surface area contributed by atoms with Crippen LogP contribution in [0.5, 0.6) is 0 Å². The van der Waals surface area contributed by atoms with Gasteiger partial charge in [0, 0.05) is 31.6 Å². The molecule has 1 aliphatic rings. The second kappa shape index (κ2) is 10.4. The molecule has 0 aliphatic carbocycles. The van der Waals surface area contributed by atoms with Gasteiger partial charge in [-0.15, -0.1) is 0 Å². The Balaban J connectivity index is 2.31. The van der Waals surface area contributed by atoms with Crippen molar-refractivity contribution in [2.75, 3.05) is 6.61 Å². The standard InChI is InChI=1S/C19H22BrFO7S/c1-9-17(26-11(3)23)16(8-25-10(2)22)28-19(18(9)27-12(4)24)29-13-5-6-15(21)14(20)7-13/h5-7,9,16-19H,8H2,1-4H3/t9?,16?,17-,18?,19-/m1/s1. The normalized spacial score (nSPS) is 26.5. The first-order valence-corrected chi connectivity index (χ1v) is 10.5. The van der Waals surface area contributed by atoms with Gasteiger partial charge in [0.15, 0.2) is 0 Å². The lowest BCUT2D eigenvalue weighted by molar-refractivity contribution is -0.212. The van der Waals surface area contributed by atoms with Crippen molar-refractivity contribution >= 4 is 45.6 Å². The van der Waals surface area contributed by atoms with Crippen LogP contribution >= 0.6 is 27.7 Å². The highest BCUT2D eigenvalue weighted by molar-refractivity contribution is 9.10. The fourth-order valence-corrected chi connectivity index (χ4v) is 4.71. The van der Waals surface area contributed by atoms with E-state index in [9.17, 15) is 18.8 Å². The molecule has 160 valence electrons. The fraction of sp³-hybridized carbons (Fsp3) is 0.526. The zero-order valence-corrected chi connectivity index (χ0v) is 18.8. The summed E-state index contributed by atoms with van der Waals surface area (Å²) in [4.78, 5) is 35.2. The van der Waals surface area contributed by atoms with Gasteiger partial charge in [-0.05, 0) is 34.1 Å². The molecule has 3 unspecified atom stereocenters. The Morgan fingerprint density at radius 1 is 1.10 bits per heavy atom. The van der Waals surface area contributed by atoms with Crippen LogP contribution in [0.1, 0.15) is 27.7 Å². The van der Waals surface area contributed by atoms with Gasteiger partial charge in [0.1, 0.15) is 36.2 Å². The van der Waals surface area contributed by atoms with Crippen LogP contribution in [0.25, 0.3) is 0 Å². The third-order valence-corrected chi connectivity index (χ3v) is 5.92. The van der Waals surface area contributed by atoms with E-state index in [1.165, 1.54) is 38.6 Å². The topological polar surface area (TPSA) is 88.1 Å². The van der Waals surface area contributed by atoms with E-state index in [0.29, 0.717) is 4.90 Å². The Morgan fingerprint density at radius 2 is 1.72 bits per heavy atom. The van der Waals surface area contributed by atoms with Crippen molar-refractivity contribution < 1.29 is 37.7 Å². The molecule has 10 heteroatoms. The molecule has 1 aromatic carbocycles. The quantitative estimate of drug-likeness (QED) is 0.440. The Kier molecular flexibility index (Phi) is 8.47. The van der Waals surface area contributed by atoms with E-state index in [4.69, 9.17) is 18.9 Å². The smallest absolute Gasteiger partial charge is 0.303 e. The lowest BCUT2D eigenvalue weighted by Gasteiger charge is -2.43. The Labute approximate surface area is 180 Å². The molecule has 0 radical (unpaired) electrons. The molecule has 1 aliphatic heterocycles. The third-order valence-electron chi connectivity index (χ3n) is 4.18. The number of ether oxygens (including phenoxy) is 4. The summed E-state index contributed by atoms with van der Waals surface area (Å²) < 4.78 is 35.8. The van der Waals surface area contributed by atoms with E-state index in [-0.39, 0.29) is 11.1 Å². The molecule has 1 saturated heterocycles. The summed E-state index contributed by atoms with van der Waals surface area (Å²) in [5.41, 5.74) is -0.696. The van der Waals surface area contributed by atoms with Gasteiger partial charge in [-0.25, -0.2) is 4.39 Å². The second-order valence-corrected chi connectivity index (χ2v) is 8.57. The molecule has 1 fully saturated rings. The summed E-state index contributed by atoms with van der Waals surface area (Å²) in [5.74, 6) is -2.41. The molecule has 0 N–H and O–H groups in total. The number of thioether (sulfide) groups is 1. The van der Waals surface area contributed by atoms with Crippen LogP contribution in [0, 0.1) is 11.7 Å². The molecular formula is C19H22BrFO7S. The molecule has 29 heavy (non-hydrogen) atoms. The van der Waals surface area contributed by atoms with Crippen LogP contribution < -0.4 is 0 Å². The van der Waals surface area contributed by atoms with Crippen LogP contribution in [-0.4, -0.2) is 48.3 Å². The van der Waals surface area contributed by atoms with E-state index < -0.39 is 53.4 Å². The first kappa shape index (κ1) is 23.6. The highest BCUT2D eigenvalue weighted by Gasteiger charge is 2.48. The van der Waals surface area contributed by atoms with Crippen molar-refractivity contribution in [1.82, 2.24) is 0 Å². The monoisotopic (exact) mass is 492 g/mol. The average Bonchev–Trinajstić information content (AvgIpc) is 2.61. The summed E-state index contributed by atoms with van der Waals surface area (Å²) in [7, 11) is 0. The van der Waals surface area contributed by atoms with Crippen LogP contribution in [0.4, 0.5) is 4.39 Å². The lowest BCUT2D eigenvalue weighted by atomic mass is 9.91. The molecule has 1 heterocycles. The Morgan fingerprint density at radius 3 is 2.28 bits per heavy atom. The van der Waals surface area contributed by atoms with Gasteiger partial charge in [-0.3, -0.25) is 14.4 Å². The van der Waals surface area contributed by atoms with Gasteiger partial charge in [0.2, 0.25) is 0 Å². The minimum absolute atomic E-state index is 0.130. The van der Waals surface area contributed by atoms with E-state index in [1.54, 1.807) is 19.1 Å². The number of halogens is 2. The van der Waals surface area contributed by atoms with Crippen LogP contribution in [0.2, 0.25) is 0 Å². The number of carbonyl (C=O) groups is 3. The molecule has 0 aromatic heterocycles. The van der Waals surface area contributed by atoms with Gasteiger partial charge in [-0.1, -0.05) is 18.7 Å². The number of rotatable bonds is 6. The Bertz CT molecular complexity index is 773. The van der Waals surface area contributed by atoms with Crippen LogP contribution in [0.15, 0.2) is 27.6 Å². The van der Waals surface area contributed by atoms with Crippen LogP contribution in [0.3, 0.4) is 0 Å². The number of carbonyl (C=O) groups excluding carboxylic acids is 3. The van der Waals surface area contributed by atoms with E-state index in [2.05, 4.69) is 15.9 Å². The summed E-state index contributed by atoms with van der Waals surface area (Å²) in [5, 5.41) is 0. The summed E-state index contributed by atoms with van der Waals surface area (Å²) in [6.45, 7) is 5.42. The minimum atomic E-state index is -0.784. The van der Waals surface area contributed by atoms with E-state index >= 15 is 0 Å². The maximum absolute atomic E-state index is 13.5. The second-order valence-electron chi connectivity index (χ2n) is 6.55. The molecule has 0 saturated carbocycles. The predicted molar refractivity (Wildman–Crippen MR) is 106 cm³/mol. The van der Waals surface area contributed by atoms with Crippen molar-refractivity contribution in [3.63, 3.8) is 0 Å². The summed E-state index contributed by atoms with van der Waals surface area (Å²) in [6.07, 6.45) is -2.29. The zero-order valence-electron chi connectivity index (χ0n) is 16.3. The fourth-order valence-electron chi connectivity index (χ4n) is 2.94. The average molecular weight is 493 g/mol. The van der Waals surface area contributed by atoms with Gasteiger partial charge >= 0.3 is 17.9 Å². The first-order chi connectivity index (χ1) is 13.6. The van der Waals surface area contributed by atoms with Crippen molar-refractivity contribution in [2.45, 2.75) is 56.3 Å². The van der Waals surface area contributed by atoms with Crippen LogP contribution in [-0.2, 0) is 33.3 Å². The lowest BCUT2D eigenvalue weighted by Crippen LogP contribution is -2.56. The summed E-state index contributed by atoms with van der Waals surface area (Å²) >= 11 is 4.36. The predicted octanol–water partition coefficient (Wildman–Crippen LogP) is 3.47. The molecular weight excluding hydrogens is 471 g/mol. The number of hydrogen-bond donors (Lipinski definition) is 0.